The smallest absolute Gasteiger partial charge is 0.274 e. The van der Waals surface area contributed by atoms with Crippen molar-refractivity contribution in [1.82, 2.24) is 9.97 Å². The average molecular weight is 326 g/mol. The molecule has 128 valence electrons. The molecule has 24 heavy (non-hydrogen) atoms. The third kappa shape index (κ3) is 5.05. The quantitative estimate of drug-likeness (QED) is 0.833. The summed E-state index contributed by atoms with van der Waals surface area (Å²) in [7, 11) is 0. The molecule has 0 bridgehead atoms. The highest BCUT2D eigenvalue weighted by Crippen LogP contribution is 2.18. The van der Waals surface area contributed by atoms with Crippen LogP contribution in [0.3, 0.4) is 0 Å². The van der Waals surface area contributed by atoms with E-state index in [4.69, 9.17) is 0 Å². The lowest BCUT2D eigenvalue weighted by Gasteiger charge is -2.11. The monoisotopic (exact) mass is 326 g/mol. The van der Waals surface area contributed by atoms with Crippen molar-refractivity contribution in [3.8, 4) is 0 Å². The number of anilines is 2. The molecule has 2 rings (SSSR count). The van der Waals surface area contributed by atoms with Crippen molar-refractivity contribution in [2.24, 2.45) is 5.92 Å². The Morgan fingerprint density at radius 3 is 2.33 bits per heavy atom. The molecule has 0 saturated carbocycles. The molecule has 2 aromatic rings. The van der Waals surface area contributed by atoms with E-state index in [-0.39, 0.29) is 5.91 Å². The highest BCUT2D eigenvalue weighted by atomic mass is 16.1. The topological polar surface area (TPSA) is 66.9 Å². The van der Waals surface area contributed by atoms with Gasteiger partial charge in [-0.1, -0.05) is 39.8 Å². The van der Waals surface area contributed by atoms with Gasteiger partial charge in [0.05, 0.1) is 0 Å². The van der Waals surface area contributed by atoms with E-state index in [1.54, 1.807) is 13.0 Å². The third-order valence-corrected chi connectivity index (χ3v) is 3.60. The lowest BCUT2D eigenvalue weighted by molar-refractivity contribution is 0.102. The third-order valence-electron chi connectivity index (χ3n) is 3.60. The van der Waals surface area contributed by atoms with Crippen LogP contribution in [0, 0.1) is 12.8 Å². The molecule has 1 aromatic heterocycles. The number of carbonyl (C=O) groups excluding carboxylic acids is 1. The molecule has 2 N–H and O–H groups in total. The molecule has 0 atom stereocenters. The summed E-state index contributed by atoms with van der Waals surface area (Å²) in [5.41, 5.74) is 2.37. The zero-order valence-electron chi connectivity index (χ0n) is 15.1. The van der Waals surface area contributed by atoms with Gasteiger partial charge in [0.1, 0.15) is 17.3 Å². The first-order valence-corrected chi connectivity index (χ1v) is 8.36. The van der Waals surface area contributed by atoms with Gasteiger partial charge in [-0.15, -0.1) is 0 Å². The van der Waals surface area contributed by atoms with E-state index in [9.17, 15) is 4.79 Å². The molecular formula is C19H26N4O. The zero-order chi connectivity index (χ0) is 17.7. The SMILES string of the molecule is Cc1nc(NCC(C)C)cc(C(=O)Nc2ccc(C(C)C)cc2)n1. The molecule has 0 aliphatic rings. The van der Waals surface area contributed by atoms with Crippen LogP contribution >= 0.6 is 0 Å². The van der Waals surface area contributed by atoms with Gasteiger partial charge in [-0.25, -0.2) is 9.97 Å². The molecule has 1 heterocycles. The van der Waals surface area contributed by atoms with Gasteiger partial charge in [-0.05, 0) is 36.5 Å². The summed E-state index contributed by atoms with van der Waals surface area (Å²) in [6, 6.07) is 9.58. The molecule has 5 nitrogen and oxygen atoms in total. The Labute approximate surface area is 143 Å². The van der Waals surface area contributed by atoms with Crippen LogP contribution in [0.1, 0.15) is 55.5 Å². The van der Waals surface area contributed by atoms with Crippen molar-refractivity contribution in [3.63, 3.8) is 0 Å². The Morgan fingerprint density at radius 1 is 1.08 bits per heavy atom. The van der Waals surface area contributed by atoms with E-state index >= 15 is 0 Å². The van der Waals surface area contributed by atoms with Crippen molar-refractivity contribution in [3.05, 3.63) is 47.4 Å². The maximum absolute atomic E-state index is 12.4. The summed E-state index contributed by atoms with van der Waals surface area (Å²) in [5, 5.41) is 6.12. The van der Waals surface area contributed by atoms with E-state index in [2.05, 4.69) is 48.3 Å². The predicted octanol–water partition coefficient (Wildman–Crippen LogP) is 4.23. The van der Waals surface area contributed by atoms with Crippen LogP contribution in [-0.4, -0.2) is 22.4 Å². The van der Waals surface area contributed by atoms with E-state index in [0.717, 1.165) is 12.2 Å². The molecular weight excluding hydrogens is 300 g/mol. The van der Waals surface area contributed by atoms with E-state index in [1.807, 2.05) is 24.3 Å². The number of amides is 1. The highest BCUT2D eigenvalue weighted by Gasteiger charge is 2.11. The summed E-state index contributed by atoms with van der Waals surface area (Å²) in [5.74, 6) is 1.98. The number of carbonyl (C=O) groups is 1. The summed E-state index contributed by atoms with van der Waals surface area (Å²) >= 11 is 0. The summed E-state index contributed by atoms with van der Waals surface area (Å²) in [6.07, 6.45) is 0. The first-order chi connectivity index (χ1) is 11.3. The van der Waals surface area contributed by atoms with Gasteiger partial charge in [-0.2, -0.15) is 0 Å². The fourth-order valence-corrected chi connectivity index (χ4v) is 2.23. The molecule has 0 spiro atoms. The number of aromatic nitrogens is 2. The number of hydrogen-bond donors (Lipinski definition) is 2. The molecule has 0 saturated heterocycles. The van der Waals surface area contributed by atoms with Gasteiger partial charge in [-0.3, -0.25) is 4.79 Å². The van der Waals surface area contributed by atoms with Gasteiger partial charge in [0.2, 0.25) is 0 Å². The van der Waals surface area contributed by atoms with Crippen molar-refractivity contribution in [2.45, 2.75) is 40.5 Å². The Hall–Kier alpha value is -2.43. The molecule has 0 fully saturated rings. The zero-order valence-corrected chi connectivity index (χ0v) is 15.1. The molecule has 1 amide bonds. The number of hydrogen-bond acceptors (Lipinski definition) is 4. The van der Waals surface area contributed by atoms with Crippen LogP contribution in [-0.2, 0) is 0 Å². The van der Waals surface area contributed by atoms with Gasteiger partial charge in [0.15, 0.2) is 0 Å². The lowest BCUT2D eigenvalue weighted by Crippen LogP contribution is -2.17. The van der Waals surface area contributed by atoms with Crippen LogP contribution in [0.15, 0.2) is 30.3 Å². The second-order valence-electron chi connectivity index (χ2n) is 6.69. The van der Waals surface area contributed by atoms with Crippen LogP contribution in [0.5, 0.6) is 0 Å². The molecule has 0 radical (unpaired) electrons. The van der Waals surface area contributed by atoms with E-state index in [1.165, 1.54) is 5.56 Å². The summed E-state index contributed by atoms with van der Waals surface area (Å²) < 4.78 is 0. The molecule has 0 aliphatic heterocycles. The van der Waals surface area contributed by atoms with Crippen molar-refractivity contribution < 1.29 is 4.79 Å². The van der Waals surface area contributed by atoms with E-state index in [0.29, 0.717) is 29.2 Å². The fraction of sp³-hybridized carbons (Fsp3) is 0.421. The molecule has 0 unspecified atom stereocenters. The van der Waals surface area contributed by atoms with Crippen molar-refractivity contribution >= 4 is 17.4 Å². The molecule has 5 heteroatoms. The summed E-state index contributed by atoms with van der Waals surface area (Å²) in [6.45, 7) is 11.1. The number of aryl methyl sites for hydroxylation is 1. The predicted molar refractivity (Wildman–Crippen MR) is 98.6 cm³/mol. The Balaban J connectivity index is 2.11. The summed E-state index contributed by atoms with van der Waals surface area (Å²) in [4.78, 5) is 21.0. The Morgan fingerprint density at radius 2 is 1.75 bits per heavy atom. The van der Waals surface area contributed by atoms with Gasteiger partial charge >= 0.3 is 0 Å². The van der Waals surface area contributed by atoms with Crippen molar-refractivity contribution in [1.29, 1.82) is 0 Å². The maximum Gasteiger partial charge on any atom is 0.274 e. The average Bonchev–Trinajstić information content (AvgIpc) is 2.53. The highest BCUT2D eigenvalue weighted by molar-refractivity contribution is 6.03. The van der Waals surface area contributed by atoms with Crippen LogP contribution in [0.25, 0.3) is 0 Å². The van der Waals surface area contributed by atoms with Crippen LogP contribution in [0.2, 0.25) is 0 Å². The van der Waals surface area contributed by atoms with Crippen LogP contribution in [0.4, 0.5) is 11.5 Å². The Bertz CT molecular complexity index is 693. The number of rotatable bonds is 6. The van der Waals surface area contributed by atoms with Gasteiger partial charge in [0.25, 0.3) is 5.91 Å². The fourth-order valence-electron chi connectivity index (χ4n) is 2.23. The first kappa shape index (κ1) is 17.9. The minimum absolute atomic E-state index is 0.231. The minimum atomic E-state index is -0.231. The maximum atomic E-state index is 12.4. The number of nitrogens with zero attached hydrogens (tertiary/aromatic N) is 2. The second kappa shape index (κ2) is 7.90. The molecule has 1 aromatic carbocycles. The van der Waals surface area contributed by atoms with Crippen LogP contribution < -0.4 is 10.6 Å². The Kier molecular flexibility index (Phi) is 5.90. The van der Waals surface area contributed by atoms with Crippen molar-refractivity contribution in [2.75, 3.05) is 17.2 Å². The van der Waals surface area contributed by atoms with Gasteiger partial charge < -0.3 is 10.6 Å². The standard InChI is InChI=1S/C19H26N4O/c1-12(2)11-20-18-10-17(21-14(5)22-18)19(24)23-16-8-6-15(7-9-16)13(3)4/h6-10,12-13H,11H2,1-5H3,(H,23,24)(H,20,21,22). The lowest BCUT2D eigenvalue weighted by atomic mass is 10.0. The van der Waals surface area contributed by atoms with Gasteiger partial charge in [0, 0.05) is 18.3 Å². The number of nitrogens with one attached hydrogen (secondary N) is 2. The second-order valence-corrected chi connectivity index (χ2v) is 6.69. The largest absolute Gasteiger partial charge is 0.370 e. The normalized spacial score (nSPS) is 11.0. The molecule has 0 aliphatic carbocycles. The minimum Gasteiger partial charge on any atom is -0.370 e. The number of benzene rings is 1. The first-order valence-electron chi connectivity index (χ1n) is 8.36. The van der Waals surface area contributed by atoms with E-state index < -0.39 is 0 Å².